The van der Waals surface area contributed by atoms with Gasteiger partial charge in [0, 0.05) is 29.3 Å². The molecule has 0 aliphatic rings. The molecule has 0 radical (unpaired) electrons. The van der Waals surface area contributed by atoms with Crippen LogP contribution in [0.1, 0.15) is 11.1 Å². The third-order valence-corrected chi connectivity index (χ3v) is 3.83. The van der Waals surface area contributed by atoms with Crippen molar-refractivity contribution in [3.63, 3.8) is 0 Å². The van der Waals surface area contributed by atoms with Crippen LogP contribution in [-0.4, -0.2) is 13.6 Å². The molecule has 0 amide bonds. The van der Waals surface area contributed by atoms with Gasteiger partial charge in [-0.3, -0.25) is 0 Å². The second-order valence-electron chi connectivity index (χ2n) is 4.80. The van der Waals surface area contributed by atoms with Crippen LogP contribution in [0.4, 0.5) is 5.69 Å². The van der Waals surface area contributed by atoms with E-state index in [1.165, 1.54) is 5.56 Å². The van der Waals surface area contributed by atoms with Crippen LogP contribution in [0.5, 0.6) is 0 Å². The van der Waals surface area contributed by atoms with Crippen molar-refractivity contribution in [3.8, 4) is 0 Å². The number of halogens is 2. The van der Waals surface area contributed by atoms with Crippen LogP contribution in [0.2, 0.25) is 10.0 Å². The number of rotatable bonds is 5. The Balaban J connectivity index is 2.10. The molecule has 0 fully saturated rings. The lowest BCUT2D eigenvalue weighted by molar-refractivity contribution is 0.919. The molecule has 0 spiro atoms. The summed E-state index contributed by atoms with van der Waals surface area (Å²) in [5.41, 5.74) is 8.95. The molecule has 20 heavy (non-hydrogen) atoms. The van der Waals surface area contributed by atoms with Crippen LogP contribution < -0.4 is 10.6 Å². The van der Waals surface area contributed by atoms with Crippen LogP contribution >= 0.6 is 23.2 Å². The third-order valence-electron chi connectivity index (χ3n) is 3.22. The molecule has 0 aromatic heterocycles. The zero-order valence-electron chi connectivity index (χ0n) is 11.4. The average molecular weight is 309 g/mol. The van der Waals surface area contributed by atoms with Crippen LogP contribution in [0.25, 0.3) is 0 Å². The van der Waals surface area contributed by atoms with Crippen molar-refractivity contribution >= 4 is 28.9 Å². The van der Waals surface area contributed by atoms with Gasteiger partial charge in [-0.2, -0.15) is 0 Å². The van der Waals surface area contributed by atoms with Gasteiger partial charge >= 0.3 is 0 Å². The fourth-order valence-electron chi connectivity index (χ4n) is 2.09. The van der Waals surface area contributed by atoms with Crippen molar-refractivity contribution in [1.82, 2.24) is 0 Å². The molecule has 0 aliphatic heterocycles. The number of anilines is 1. The highest BCUT2D eigenvalue weighted by Gasteiger charge is 2.06. The van der Waals surface area contributed by atoms with E-state index in [9.17, 15) is 0 Å². The number of benzene rings is 2. The van der Waals surface area contributed by atoms with Gasteiger partial charge in [0.1, 0.15) is 0 Å². The topological polar surface area (TPSA) is 29.3 Å². The maximum absolute atomic E-state index is 6.28. The highest BCUT2D eigenvalue weighted by atomic mass is 35.5. The standard InChI is InChI=1S/C16H18Cl2N2/c1-20(11-12-2-5-14(17)6-3-12)15-7-4-13(8-9-19)16(18)10-15/h2-7,10H,8-9,11,19H2,1H3. The number of nitrogens with zero attached hydrogens (tertiary/aromatic N) is 1. The fraction of sp³-hybridized carbons (Fsp3) is 0.250. The molecule has 2 rings (SSSR count). The minimum absolute atomic E-state index is 0.611. The molecule has 4 heteroatoms. The molecule has 0 saturated heterocycles. The number of nitrogens with two attached hydrogens (primary N) is 1. The molecule has 2 aromatic rings. The van der Waals surface area contributed by atoms with Crippen molar-refractivity contribution in [2.75, 3.05) is 18.5 Å². The first-order valence-electron chi connectivity index (χ1n) is 6.54. The molecule has 0 atom stereocenters. The van der Waals surface area contributed by atoms with Gasteiger partial charge in [-0.25, -0.2) is 0 Å². The summed E-state index contributed by atoms with van der Waals surface area (Å²) >= 11 is 12.2. The van der Waals surface area contributed by atoms with Gasteiger partial charge in [-0.15, -0.1) is 0 Å². The van der Waals surface area contributed by atoms with Gasteiger partial charge in [-0.1, -0.05) is 41.4 Å². The Bertz CT molecular complexity index is 567. The molecule has 0 heterocycles. The average Bonchev–Trinajstić information content (AvgIpc) is 2.44. The normalized spacial score (nSPS) is 10.6. The Labute approximate surface area is 130 Å². The first-order valence-corrected chi connectivity index (χ1v) is 7.30. The molecule has 106 valence electrons. The quantitative estimate of drug-likeness (QED) is 0.900. The van der Waals surface area contributed by atoms with Crippen molar-refractivity contribution < 1.29 is 0 Å². The first-order chi connectivity index (χ1) is 9.60. The number of hydrogen-bond donors (Lipinski definition) is 1. The Hall–Kier alpha value is -1.22. The minimum Gasteiger partial charge on any atom is -0.370 e. The van der Waals surface area contributed by atoms with Crippen LogP contribution in [0, 0.1) is 0 Å². The summed E-state index contributed by atoms with van der Waals surface area (Å²) in [4.78, 5) is 2.15. The lowest BCUT2D eigenvalue weighted by atomic mass is 10.1. The van der Waals surface area contributed by atoms with Crippen LogP contribution in [0.3, 0.4) is 0 Å². The van der Waals surface area contributed by atoms with Gasteiger partial charge in [-0.05, 0) is 48.4 Å². The molecule has 0 bridgehead atoms. The highest BCUT2D eigenvalue weighted by molar-refractivity contribution is 6.31. The summed E-state index contributed by atoms with van der Waals surface area (Å²) in [5.74, 6) is 0. The predicted molar refractivity (Wildman–Crippen MR) is 87.8 cm³/mol. The SMILES string of the molecule is CN(Cc1ccc(Cl)cc1)c1ccc(CCN)c(Cl)c1. The monoisotopic (exact) mass is 308 g/mol. The summed E-state index contributed by atoms with van der Waals surface area (Å²) < 4.78 is 0. The predicted octanol–water partition coefficient (Wildman–Crippen LogP) is 4.13. The lowest BCUT2D eigenvalue weighted by Crippen LogP contribution is -2.16. The van der Waals surface area contributed by atoms with Gasteiger partial charge in [0.2, 0.25) is 0 Å². The second-order valence-corrected chi connectivity index (χ2v) is 5.64. The smallest absolute Gasteiger partial charge is 0.0459 e. The van der Waals surface area contributed by atoms with Crippen LogP contribution in [0.15, 0.2) is 42.5 Å². The van der Waals surface area contributed by atoms with E-state index in [2.05, 4.69) is 11.0 Å². The first kappa shape index (κ1) is 15.2. The summed E-state index contributed by atoms with van der Waals surface area (Å²) in [7, 11) is 2.04. The van der Waals surface area contributed by atoms with Gasteiger partial charge in [0.05, 0.1) is 0 Å². The van der Waals surface area contributed by atoms with E-state index >= 15 is 0 Å². The van der Waals surface area contributed by atoms with Gasteiger partial charge in [0.15, 0.2) is 0 Å². The van der Waals surface area contributed by atoms with Crippen molar-refractivity contribution in [2.24, 2.45) is 5.73 Å². The van der Waals surface area contributed by atoms with E-state index in [1.807, 2.05) is 43.4 Å². The number of hydrogen-bond acceptors (Lipinski definition) is 2. The Morgan fingerprint density at radius 3 is 2.35 bits per heavy atom. The van der Waals surface area contributed by atoms with Gasteiger partial charge < -0.3 is 10.6 Å². The Kier molecular flexibility index (Phi) is 5.30. The summed E-state index contributed by atoms with van der Waals surface area (Å²) in [6, 6.07) is 14.0. The van der Waals surface area contributed by atoms with Crippen molar-refractivity contribution in [2.45, 2.75) is 13.0 Å². The van der Waals surface area contributed by atoms with Crippen molar-refractivity contribution in [3.05, 3.63) is 63.6 Å². The second kappa shape index (κ2) is 6.98. The van der Waals surface area contributed by atoms with E-state index < -0.39 is 0 Å². The minimum atomic E-state index is 0.611. The van der Waals surface area contributed by atoms with Crippen LogP contribution in [-0.2, 0) is 13.0 Å². The van der Waals surface area contributed by atoms with Gasteiger partial charge in [0.25, 0.3) is 0 Å². The zero-order chi connectivity index (χ0) is 14.5. The van der Waals surface area contributed by atoms with Crippen molar-refractivity contribution in [1.29, 1.82) is 0 Å². The molecule has 0 unspecified atom stereocenters. The molecule has 0 aliphatic carbocycles. The molecule has 2 N–H and O–H groups in total. The Morgan fingerprint density at radius 1 is 1.05 bits per heavy atom. The molecule has 0 saturated carbocycles. The van der Waals surface area contributed by atoms with E-state index in [-0.39, 0.29) is 0 Å². The maximum Gasteiger partial charge on any atom is 0.0459 e. The molecule has 2 nitrogen and oxygen atoms in total. The van der Waals surface area contributed by atoms with E-state index in [4.69, 9.17) is 28.9 Å². The third kappa shape index (κ3) is 3.89. The van der Waals surface area contributed by atoms with E-state index in [0.29, 0.717) is 6.54 Å². The van der Waals surface area contributed by atoms with E-state index in [1.54, 1.807) is 0 Å². The highest BCUT2D eigenvalue weighted by Crippen LogP contribution is 2.24. The summed E-state index contributed by atoms with van der Waals surface area (Å²) in [5, 5.41) is 1.53. The Morgan fingerprint density at radius 2 is 1.75 bits per heavy atom. The molecular weight excluding hydrogens is 291 g/mol. The fourth-order valence-corrected chi connectivity index (χ4v) is 2.48. The lowest BCUT2D eigenvalue weighted by Gasteiger charge is -2.20. The molecular formula is C16H18Cl2N2. The maximum atomic E-state index is 6.28. The summed E-state index contributed by atoms with van der Waals surface area (Å²) in [6.45, 7) is 1.42. The van der Waals surface area contributed by atoms with E-state index in [0.717, 1.165) is 34.3 Å². The summed E-state index contributed by atoms with van der Waals surface area (Å²) in [6.07, 6.45) is 0.806. The zero-order valence-corrected chi connectivity index (χ0v) is 13.0. The molecule has 2 aromatic carbocycles. The largest absolute Gasteiger partial charge is 0.370 e.